The first-order valence-corrected chi connectivity index (χ1v) is 9.00. The first-order valence-electron chi connectivity index (χ1n) is 5.50. The van der Waals surface area contributed by atoms with Crippen molar-refractivity contribution in [1.29, 1.82) is 0 Å². The second-order valence-corrected chi connectivity index (χ2v) is 15.8. The topological polar surface area (TPSA) is 0 Å². The molecule has 0 heterocycles. The molecule has 0 unspecified atom stereocenters. The van der Waals surface area contributed by atoms with E-state index in [4.69, 9.17) is 0 Å². The predicted molar refractivity (Wildman–Crippen MR) is 70.7 cm³/mol. The summed E-state index contributed by atoms with van der Waals surface area (Å²) in [7, 11) is 2.70. The minimum atomic E-state index is -1.55. The van der Waals surface area contributed by atoms with Crippen molar-refractivity contribution in [1.82, 2.24) is 0 Å². The van der Waals surface area contributed by atoms with Crippen molar-refractivity contribution in [3.05, 3.63) is 0 Å². The molecule has 0 saturated heterocycles. The van der Waals surface area contributed by atoms with E-state index in [1.54, 1.807) is 0 Å². The molecule has 15 heavy (non-hydrogen) atoms. The fourth-order valence-corrected chi connectivity index (χ4v) is 10.1. The molecule has 0 aliphatic heterocycles. The van der Waals surface area contributed by atoms with Crippen LogP contribution in [0.1, 0.15) is 62.3 Å². The van der Waals surface area contributed by atoms with Crippen molar-refractivity contribution in [3.63, 3.8) is 0 Å². The van der Waals surface area contributed by atoms with Crippen LogP contribution in [0.2, 0.25) is 15.1 Å². The van der Waals surface area contributed by atoms with Crippen molar-refractivity contribution in [2.75, 3.05) is 0 Å². The first kappa shape index (κ1) is 18.4. The predicted octanol–water partition coefficient (Wildman–Crippen LogP) is 1.50. The van der Waals surface area contributed by atoms with E-state index < -0.39 is 7.59 Å². The third kappa shape index (κ3) is 3.25. The van der Waals surface area contributed by atoms with Gasteiger partial charge in [-0.05, 0) is 0 Å². The van der Waals surface area contributed by atoms with Crippen LogP contribution in [0.5, 0.6) is 0 Å². The van der Waals surface area contributed by atoms with Crippen LogP contribution < -0.4 is 18.9 Å². The Labute approximate surface area is 113 Å². The van der Waals surface area contributed by atoms with Crippen molar-refractivity contribution >= 4 is 17.4 Å². The summed E-state index contributed by atoms with van der Waals surface area (Å²) in [6.07, 6.45) is 0. The number of hydrogen-bond donors (Lipinski definition) is 0. The van der Waals surface area contributed by atoms with Crippen LogP contribution in [-0.2, 0) is 0 Å². The van der Waals surface area contributed by atoms with E-state index >= 15 is 0 Å². The van der Waals surface area contributed by atoms with Crippen LogP contribution in [0.15, 0.2) is 0 Å². The van der Waals surface area contributed by atoms with Gasteiger partial charge >= 0.3 is 18.9 Å². The molecule has 0 aliphatic rings. The van der Waals surface area contributed by atoms with Gasteiger partial charge in [0.15, 0.2) is 0 Å². The summed E-state index contributed by atoms with van der Waals surface area (Å²) < 4.78 is 0. The molecule has 0 aromatic rings. The van der Waals surface area contributed by atoms with Crippen LogP contribution in [0, 0.1) is 0 Å². The second-order valence-electron chi connectivity index (χ2n) is 7.50. The largest absolute Gasteiger partial charge is 1.00 e. The van der Waals surface area contributed by atoms with Crippen molar-refractivity contribution in [2.45, 2.75) is 77.4 Å². The third-order valence-electron chi connectivity index (χ3n) is 3.38. The minimum absolute atomic E-state index is 0. The van der Waals surface area contributed by atoms with E-state index in [9.17, 15) is 0 Å². The average molecular weight is 234 g/mol. The summed E-state index contributed by atoms with van der Waals surface area (Å²) in [5.41, 5.74) is 0. The summed E-state index contributed by atoms with van der Waals surface area (Å²) in [5.74, 6) is 0. The molecule has 0 amide bonds. The fourth-order valence-electron chi connectivity index (χ4n) is 3.38. The molecule has 0 aliphatic carbocycles. The van der Waals surface area contributed by atoms with Gasteiger partial charge in [0.25, 0.3) is 0 Å². The maximum Gasteiger partial charge on any atom is 1.00 e. The van der Waals surface area contributed by atoms with Gasteiger partial charge in [0.05, 0.1) is 0 Å². The minimum Gasteiger partial charge on any atom is -0.669 e. The van der Waals surface area contributed by atoms with Crippen LogP contribution in [-0.4, -0.2) is 17.4 Å². The molecule has 3 heteroatoms. The Kier molecular flexibility index (Phi) is 5.79. The smallest absolute Gasteiger partial charge is 0.669 e. The summed E-state index contributed by atoms with van der Waals surface area (Å²) in [4.78, 5) is 0. The van der Waals surface area contributed by atoms with Gasteiger partial charge in [0.1, 0.15) is 0 Å². The molecule has 0 nitrogen and oxygen atoms in total. The van der Waals surface area contributed by atoms with Crippen LogP contribution in [0.3, 0.4) is 0 Å². The van der Waals surface area contributed by atoms with Gasteiger partial charge in [0.2, 0.25) is 0 Å². The summed E-state index contributed by atoms with van der Waals surface area (Å²) in [6.45, 7) is 21.4. The summed E-state index contributed by atoms with van der Waals surface area (Å²) in [5, 5.41) is 1.13. The number of hydrogen-bond acceptors (Lipinski definition) is 0. The Bertz CT molecular complexity index is 167. The van der Waals surface area contributed by atoms with E-state index in [0.717, 1.165) is 0 Å². The molecule has 0 bridgehead atoms. The quantitative estimate of drug-likeness (QED) is 0.557. The molecular weight excluding hydrogens is 207 g/mol. The molecule has 0 N–H and O–H groups in total. The molecule has 0 aromatic carbocycles. The van der Waals surface area contributed by atoms with Crippen molar-refractivity contribution in [3.8, 4) is 0 Å². The van der Waals surface area contributed by atoms with E-state index in [1.165, 1.54) is 0 Å². The molecule has 0 rings (SSSR count). The number of rotatable bonds is 0. The van der Waals surface area contributed by atoms with Gasteiger partial charge in [-0.3, -0.25) is 0 Å². The van der Waals surface area contributed by atoms with Gasteiger partial charge in [-0.25, -0.2) is 0 Å². The standard InChI is InChI=1S/C12H27Si2.Li/c1-10(2,3)14(13,11(4,5)6)12(7,8)9;/h1-9H3;/q-1;+1. The van der Waals surface area contributed by atoms with Crippen molar-refractivity contribution in [2.24, 2.45) is 0 Å². The van der Waals surface area contributed by atoms with Crippen LogP contribution in [0.25, 0.3) is 0 Å². The monoisotopic (exact) mass is 234 g/mol. The molecule has 84 valence electrons. The maximum absolute atomic E-state index is 4.25. The van der Waals surface area contributed by atoms with Crippen molar-refractivity contribution < 1.29 is 18.9 Å². The molecule has 0 atom stereocenters. The van der Waals surface area contributed by atoms with Crippen LogP contribution in [0.4, 0.5) is 0 Å². The fraction of sp³-hybridized carbons (Fsp3) is 1.00. The Hall–Kier alpha value is 1.03. The summed E-state index contributed by atoms with van der Waals surface area (Å²) in [6, 6.07) is 0. The van der Waals surface area contributed by atoms with Gasteiger partial charge < -0.3 is 9.76 Å². The maximum atomic E-state index is 4.25. The van der Waals surface area contributed by atoms with Gasteiger partial charge in [-0.2, -0.15) is 0 Å². The van der Waals surface area contributed by atoms with E-state index in [1.807, 2.05) is 0 Å². The van der Waals surface area contributed by atoms with Crippen LogP contribution >= 0.6 is 0 Å². The zero-order chi connectivity index (χ0) is 12.0. The Morgan fingerprint density at radius 1 is 0.600 bits per heavy atom. The normalized spacial score (nSPS) is 14.8. The van der Waals surface area contributed by atoms with E-state index in [-0.39, 0.29) is 18.9 Å². The van der Waals surface area contributed by atoms with Gasteiger partial charge in [0, 0.05) is 0 Å². The zero-order valence-corrected chi connectivity index (χ0v) is 14.5. The molecule has 0 fully saturated rings. The van der Waals surface area contributed by atoms with Gasteiger partial charge in [-0.15, -0.1) is 7.59 Å². The zero-order valence-electron chi connectivity index (χ0n) is 12.5. The molecular formula is C12H27LiSi2. The Morgan fingerprint density at radius 3 is 0.733 bits per heavy atom. The molecule has 0 saturated carbocycles. The Morgan fingerprint density at radius 2 is 0.733 bits per heavy atom. The first-order chi connectivity index (χ1) is 5.75. The summed E-state index contributed by atoms with van der Waals surface area (Å²) >= 11 is 0. The third-order valence-corrected chi connectivity index (χ3v) is 16.9. The molecule has 2 radical (unpaired) electrons. The SMILES string of the molecule is CC(C)(C)[Si]([Si-])(C(C)(C)C)C(C)(C)C.[Li+]. The van der Waals surface area contributed by atoms with Gasteiger partial charge in [-0.1, -0.05) is 77.4 Å². The second kappa shape index (κ2) is 4.72. The van der Waals surface area contributed by atoms with E-state index in [0.29, 0.717) is 15.1 Å². The molecule has 0 spiro atoms. The average Bonchev–Trinajstić information content (AvgIpc) is 1.77. The Balaban J connectivity index is 0. The molecule has 0 aromatic heterocycles. The van der Waals surface area contributed by atoms with E-state index in [2.05, 4.69) is 72.1 Å².